The molecule has 1 amide bonds. The standard InChI is InChI=1S/C20H18F3N7O2S/c21-20(22,23)13-5-3-12(4-6-13)9-24-14(31)10-30-19(32)29-11-25-16-15(17(29)27-30)33-18(26-16)28-7-1-2-8-28/h3-6,11H,1-2,7-10H2,(H,24,31). The lowest BCUT2D eigenvalue weighted by Crippen LogP contribution is -2.32. The molecule has 0 aliphatic carbocycles. The predicted molar refractivity (Wildman–Crippen MR) is 115 cm³/mol. The number of alkyl halides is 3. The summed E-state index contributed by atoms with van der Waals surface area (Å²) in [5.74, 6) is -0.494. The number of fused-ring (bicyclic) bond motifs is 3. The van der Waals surface area contributed by atoms with Crippen molar-refractivity contribution in [3.8, 4) is 0 Å². The number of benzene rings is 1. The van der Waals surface area contributed by atoms with E-state index in [9.17, 15) is 22.8 Å². The number of nitrogens with one attached hydrogen (secondary N) is 1. The monoisotopic (exact) mass is 477 g/mol. The Hall–Kier alpha value is -3.48. The van der Waals surface area contributed by atoms with E-state index in [0.717, 1.165) is 47.9 Å². The van der Waals surface area contributed by atoms with Gasteiger partial charge >= 0.3 is 11.9 Å². The van der Waals surface area contributed by atoms with E-state index in [1.54, 1.807) is 0 Å². The number of hydrogen-bond acceptors (Lipinski definition) is 7. The van der Waals surface area contributed by atoms with Crippen LogP contribution < -0.4 is 15.9 Å². The summed E-state index contributed by atoms with van der Waals surface area (Å²) in [6.45, 7) is 1.55. The van der Waals surface area contributed by atoms with Gasteiger partial charge in [-0.2, -0.15) is 18.2 Å². The molecule has 1 N–H and O–H groups in total. The highest BCUT2D eigenvalue weighted by Crippen LogP contribution is 2.31. The fourth-order valence-corrected chi connectivity index (χ4v) is 4.72. The van der Waals surface area contributed by atoms with Gasteiger partial charge < -0.3 is 10.2 Å². The van der Waals surface area contributed by atoms with E-state index in [4.69, 9.17) is 0 Å². The molecule has 5 rings (SSSR count). The molecule has 172 valence electrons. The third-order valence-corrected chi connectivity index (χ3v) is 6.51. The number of amides is 1. The van der Waals surface area contributed by atoms with Crippen LogP contribution in [0.3, 0.4) is 0 Å². The average Bonchev–Trinajstić information content (AvgIpc) is 3.51. The molecule has 0 saturated carbocycles. The third-order valence-electron chi connectivity index (χ3n) is 5.41. The van der Waals surface area contributed by atoms with Crippen LogP contribution in [-0.2, 0) is 24.1 Å². The Labute approximate surface area is 188 Å². The van der Waals surface area contributed by atoms with Gasteiger partial charge in [-0.1, -0.05) is 23.5 Å². The molecular formula is C20H18F3N7O2S. The lowest BCUT2D eigenvalue weighted by molar-refractivity contribution is -0.137. The first kappa shape index (κ1) is 21.4. The molecular weight excluding hydrogens is 459 g/mol. The number of thiazole rings is 1. The maximum Gasteiger partial charge on any atom is 0.416 e. The van der Waals surface area contributed by atoms with Crippen LogP contribution >= 0.6 is 11.3 Å². The number of carbonyl (C=O) groups excluding carboxylic acids is 1. The smallest absolute Gasteiger partial charge is 0.350 e. The zero-order chi connectivity index (χ0) is 23.2. The van der Waals surface area contributed by atoms with Crippen molar-refractivity contribution in [3.63, 3.8) is 0 Å². The quantitative estimate of drug-likeness (QED) is 0.474. The van der Waals surface area contributed by atoms with Gasteiger partial charge in [0.25, 0.3) is 0 Å². The molecule has 3 aromatic heterocycles. The second-order valence-corrected chi connectivity index (χ2v) is 8.67. The van der Waals surface area contributed by atoms with Gasteiger partial charge in [0, 0.05) is 19.6 Å². The summed E-state index contributed by atoms with van der Waals surface area (Å²) < 4.78 is 41.0. The Kier molecular flexibility index (Phi) is 5.27. The van der Waals surface area contributed by atoms with E-state index in [2.05, 4.69) is 25.3 Å². The lowest BCUT2D eigenvalue weighted by Gasteiger charge is -2.11. The number of hydrogen-bond donors (Lipinski definition) is 1. The minimum Gasteiger partial charge on any atom is -0.350 e. The molecule has 0 bridgehead atoms. The van der Waals surface area contributed by atoms with Crippen molar-refractivity contribution in [1.29, 1.82) is 0 Å². The highest BCUT2D eigenvalue weighted by Gasteiger charge is 2.30. The molecule has 1 saturated heterocycles. The second kappa shape index (κ2) is 8.14. The van der Waals surface area contributed by atoms with Crippen molar-refractivity contribution < 1.29 is 18.0 Å². The number of aromatic nitrogens is 5. The third kappa shape index (κ3) is 4.15. The number of carbonyl (C=O) groups is 1. The van der Waals surface area contributed by atoms with E-state index < -0.39 is 23.3 Å². The maximum atomic E-state index is 12.7. The molecule has 13 heteroatoms. The summed E-state index contributed by atoms with van der Waals surface area (Å²) in [7, 11) is 0. The Balaban J connectivity index is 1.32. The molecule has 4 aromatic rings. The molecule has 4 heterocycles. The fraction of sp³-hybridized carbons (Fsp3) is 0.350. The summed E-state index contributed by atoms with van der Waals surface area (Å²) in [5, 5.41) is 7.73. The minimum atomic E-state index is -4.42. The van der Waals surface area contributed by atoms with Crippen LogP contribution in [0.1, 0.15) is 24.0 Å². The molecule has 0 radical (unpaired) electrons. The summed E-state index contributed by atoms with van der Waals surface area (Å²) in [6, 6.07) is 4.50. The first-order valence-corrected chi connectivity index (χ1v) is 11.0. The van der Waals surface area contributed by atoms with Crippen LogP contribution in [0, 0.1) is 0 Å². The van der Waals surface area contributed by atoms with E-state index in [0.29, 0.717) is 21.6 Å². The van der Waals surface area contributed by atoms with Crippen LogP contribution in [0.25, 0.3) is 16.0 Å². The van der Waals surface area contributed by atoms with Crippen molar-refractivity contribution in [2.75, 3.05) is 18.0 Å². The van der Waals surface area contributed by atoms with Crippen LogP contribution in [-0.4, -0.2) is 43.1 Å². The molecule has 1 aliphatic heterocycles. The van der Waals surface area contributed by atoms with Crippen molar-refractivity contribution >= 4 is 38.4 Å². The van der Waals surface area contributed by atoms with Crippen molar-refractivity contribution in [2.24, 2.45) is 0 Å². The van der Waals surface area contributed by atoms with Gasteiger partial charge in [0.15, 0.2) is 16.4 Å². The molecule has 0 unspecified atom stereocenters. The average molecular weight is 477 g/mol. The fourth-order valence-electron chi connectivity index (χ4n) is 3.68. The van der Waals surface area contributed by atoms with Gasteiger partial charge in [0.2, 0.25) is 5.91 Å². The molecule has 1 fully saturated rings. The maximum absolute atomic E-state index is 12.7. The van der Waals surface area contributed by atoms with Crippen molar-refractivity contribution in [1.82, 2.24) is 29.5 Å². The van der Waals surface area contributed by atoms with E-state index >= 15 is 0 Å². The van der Waals surface area contributed by atoms with Gasteiger partial charge in [-0.05, 0) is 30.5 Å². The Morgan fingerprint density at radius 3 is 2.58 bits per heavy atom. The Bertz CT molecular complexity index is 1390. The van der Waals surface area contributed by atoms with Gasteiger partial charge in [-0.15, -0.1) is 5.10 Å². The highest BCUT2D eigenvalue weighted by atomic mass is 32.1. The van der Waals surface area contributed by atoms with Crippen molar-refractivity contribution in [2.45, 2.75) is 32.1 Å². The zero-order valence-electron chi connectivity index (χ0n) is 17.2. The number of nitrogens with zero attached hydrogens (tertiary/aromatic N) is 6. The van der Waals surface area contributed by atoms with E-state index in [1.165, 1.54) is 34.2 Å². The number of anilines is 1. The normalized spacial score (nSPS) is 14.5. The van der Waals surface area contributed by atoms with Crippen molar-refractivity contribution in [3.05, 3.63) is 52.2 Å². The van der Waals surface area contributed by atoms with Crippen LogP contribution in [0.15, 0.2) is 35.4 Å². The first-order valence-electron chi connectivity index (χ1n) is 10.2. The van der Waals surface area contributed by atoms with Gasteiger partial charge in [-0.3, -0.25) is 4.79 Å². The number of rotatable bonds is 5. The minimum absolute atomic E-state index is 0.0267. The first-order chi connectivity index (χ1) is 15.8. The van der Waals surface area contributed by atoms with Gasteiger partial charge in [0.05, 0.1) is 5.56 Å². The lowest BCUT2D eigenvalue weighted by atomic mass is 10.1. The number of halogens is 3. The van der Waals surface area contributed by atoms with E-state index in [-0.39, 0.29) is 13.1 Å². The summed E-state index contributed by atoms with van der Waals surface area (Å²) in [6.07, 6.45) is -0.861. The molecule has 1 aromatic carbocycles. The molecule has 9 nitrogen and oxygen atoms in total. The Morgan fingerprint density at radius 1 is 1.15 bits per heavy atom. The van der Waals surface area contributed by atoms with E-state index in [1.807, 2.05) is 0 Å². The molecule has 33 heavy (non-hydrogen) atoms. The van der Waals surface area contributed by atoms with Crippen LogP contribution in [0.4, 0.5) is 18.3 Å². The van der Waals surface area contributed by atoms with Crippen LogP contribution in [0.2, 0.25) is 0 Å². The molecule has 0 atom stereocenters. The van der Waals surface area contributed by atoms with Gasteiger partial charge in [0.1, 0.15) is 17.6 Å². The predicted octanol–water partition coefficient (Wildman–Crippen LogP) is 2.44. The van der Waals surface area contributed by atoms with Crippen LogP contribution in [0.5, 0.6) is 0 Å². The molecule has 0 spiro atoms. The summed E-state index contributed by atoms with van der Waals surface area (Å²) in [4.78, 5) is 36.0. The molecule has 1 aliphatic rings. The Morgan fingerprint density at radius 2 is 1.88 bits per heavy atom. The second-order valence-electron chi connectivity index (χ2n) is 7.69. The zero-order valence-corrected chi connectivity index (χ0v) is 18.0. The highest BCUT2D eigenvalue weighted by molar-refractivity contribution is 7.22. The van der Waals surface area contributed by atoms with Gasteiger partial charge in [-0.25, -0.2) is 18.9 Å². The topological polar surface area (TPSA) is 97.4 Å². The summed E-state index contributed by atoms with van der Waals surface area (Å²) in [5.41, 5.74) is 0.107. The largest absolute Gasteiger partial charge is 0.416 e. The SMILES string of the molecule is O=C(Cn1nc2c3sc(N4CCCC4)nc3ncn2c1=O)NCc1ccc(C(F)(F)F)cc1. The summed E-state index contributed by atoms with van der Waals surface area (Å²) >= 11 is 1.41.